The lowest BCUT2D eigenvalue weighted by atomic mass is 9.91. The molecule has 0 N–H and O–H groups in total. The maximum absolute atomic E-state index is 5.05. The van der Waals surface area contributed by atoms with E-state index in [4.69, 9.17) is 9.97 Å². The molecule has 0 atom stereocenters. The minimum Gasteiger partial charge on any atom is -0.338 e. The molecule has 166 valence electrons. The number of nitrogens with zero attached hydrogens (tertiary/aromatic N) is 6. The first-order chi connectivity index (χ1) is 15.8. The Labute approximate surface area is 190 Å². The summed E-state index contributed by atoms with van der Waals surface area (Å²) in [4.78, 5) is 22.0. The number of benzene rings is 1. The molecule has 2 fully saturated rings. The van der Waals surface area contributed by atoms with Crippen molar-refractivity contribution in [2.45, 2.75) is 44.7 Å². The molecule has 0 bridgehead atoms. The molecule has 4 heterocycles. The Morgan fingerprint density at radius 1 is 0.875 bits per heavy atom. The van der Waals surface area contributed by atoms with Crippen molar-refractivity contribution in [3.8, 4) is 0 Å². The molecule has 1 aliphatic carbocycles. The molecule has 32 heavy (non-hydrogen) atoms. The molecule has 1 aromatic carbocycles. The highest BCUT2D eigenvalue weighted by molar-refractivity contribution is 5.81. The van der Waals surface area contributed by atoms with Crippen LogP contribution < -0.4 is 4.90 Å². The van der Waals surface area contributed by atoms with Crippen molar-refractivity contribution in [1.29, 1.82) is 0 Å². The minimum absolute atomic E-state index is 0.841. The predicted octanol–water partition coefficient (Wildman–Crippen LogP) is 3.30. The van der Waals surface area contributed by atoms with E-state index in [0.29, 0.717) is 0 Å². The molecule has 6 rings (SSSR count). The number of hydrogen-bond acceptors (Lipinski definition) is 6. The van der Waals surface area contributed by atoms with Gasteiger partial charge in [0, 0.05) is 76.1 Å². The Hall–Kier alpha value is -2.57. The summed E-state index contributed by atoms with van der Waals surface area (Å²) in [5.41, 5.74) is 5.01. The van der Waals surface area contributed by atoms with Gasteiger partial charge in [-0.05, 0) is 42.5 Å². The molecule has 0 spiro atoms. The number of aromatic nitrogens is 3. The summed E-state index contributed by atoms with van der Waals surface area (Å²) in [5.74, 6) is 0.936. The third kappa shape index (κ3) is 3.97. The van der Waals surface area contributed by atoms with Crippen LogP contribution in [0.25, 0.3) is 10.9 Å². The van der Waals surface area contributed by atoms with E-state index >= 15 is 0 Å². The van der Waals surface area contributed by atoms with Crippen molar-refractivity contribution in [3.05, 3.63) is 59.5 Å². The molecule has 2 aromatic heterocycles. The Morgan fingerprint density at radius 3 is 2.56 bits per heavy atom. The van der Waals surface area contributed by atoms with Crippen LogP contribution in [0.2, 0.25) is 0 Å². The third-order valence-electron chi connectivity index (χ3n) is 7.63. The smallest absolute Gasteiger partial charge is 0.225 e. The average Bonchev–Trinajstić information content (AvgIpc) is 3.01. The quantitative estimate of drug-likeness (QED) is 0.636. The molecular formula is C26H32N6. The molecule has 0 radical (unpaired) electrons. The van der Waals surface area contributed by atoms with Crippen molar-refractivity contribution in [1.82, 2.24) is 24.8 Å². The van der Waals surface area contributed by atoms with E-state index in [1.54, 1.807) is 0 Å². The number of para-hydroxylation sites is 1. The van der Waals surface area contributed by atoms with Gasteiger partial charge in [-0.15, -0.1) is 0 Å². The maximum atomic E-state index is 5.05. The summed E-state index contributed by atoms with van der Waals surface area (Å²) in [6.07, 6.45) is 10.2. The van der Waals surface area contributed by atoms with Gasteiger partial charge in [-0.1, -0.05) is 24.6 Å². The van der Waals surface area contributed by atoms with E-state index in [0.717, 1.165) is 76.2 Å². The van der Waals surface area contributed by atoms with Crippen molar-refractivity contribution in [2.75, 3.05) is 44.2 Å². The van der Waals surface area contributed by atoms with Gasteiger partial charge in [-0.3, -0.25) is 14.8 Å². The first-order valence-corrected chi connectivity index (χ1v) is 12.2. The Kier molecular flexibility index (Phi) is 5.49. The van der Waals surface area contributed by atoms with E-state index in [9.17, 15) is 0 Å². The fourth-order valence-electron chi connectivity index (χ4n) is 5.39. The Balaban J connectivity index is 1.12. The normalized spacial score (nSPS) is 20.7. The average molecular weight is 429 g/mol. The van der Waals surface area contributed by atoms with Crippen LogP contribution in [0.5, 0.6) is 0 Å². The highest BCUT2D eigenvalue weighted by Gasteiger charge is 2.29. The first kappa shape index (κ1) is 20.1. The zero-order valence-corrected chi connectivity index (χ0v) is 18.8. The van der Waals surface area contributed by atoms with E-state index < -0.39 is 0 Å². The zero-order valence-electron chi connectivity index (χ0n) is 18.8. The lowest BCUT2D eigenvalue weighted by molar-refractivity contribution is 0.120. The van der Waals surface area contributed by atoms with Gasteiger partial charge in [0.05, 0.1) is 11.2 Å². The second kappa shape index (κ2) is 8.75. The number of pyridine rings is 1. The van der Waals surface area contributed by atoms with Crippen LogP contribution in [0.1, 0.15) is 36.1 Å². The van der Waals surface area contributed by atoms with Crippen molar-refractivity contribution in [2.24, 2.45) is 0 Å². The van der Waals surface area contributed by atoms with E-state index in [-0.39, 0.29) is 0 Å². The number of hydrogen-bond donors (Lipinski definition) is 0. The predicted molar refractivity (Wildman–Crippen MR) is 128 cm³/mol. The van der Waals surface area contributed by atoms with Gasteiger partial charge in [-0.2, -0.15) is 0 Å². The Bertz CT molecular complexity index is 1080. The number of fused-ring (bicyclic) bond motifs is 2. The molecule has 1 saturated carbocycles. The first-order valence-electron chi connectivity index (χ1n) is 12.2. The van der Waals surface area contributed by atoms with E-state index in [1.165, 1.54) is 41.5 Å². The van der Waals surface area contributed by atoms with Crippen LogP contribution >= 0.6 is 0 Å². The van der Waals surface area contributed by atoms with Gasteiger partial charge >= 0.3 is 0 Å². The van der Waals surface area contributed by atoms with Crippen LogP contribution in [0, 0.1) is 0 Å². The van der Waals surface area contributed by atoms with Crippen LogP contribution in [0.3, 0.4) is 0 Å². The van der Waals surface area contributed by atoms with E-state index in [1.807, 2.05) is 6.20 Å². The van der Waals surface area contributed by atoms with E-state index in [2.05, 4.69) is 56.2 Å². The summed E-state index contributed by atoms with van der Waals surface area (Å²) >= 11 is 0. The van der Waals surface area contributed by atoms with Gasteiger partial charge in [0.25, 0.3) is 0 Å². The summed E-state index contributed by atoms with van der Waals surface area (Å²) < 4.78 is 0. The summed E-state index contributed by atoms with van der Waals surface area (Å²) in [7, 11) is 0. The van der Waals surface area contributed by atoms with Crippen LogP contribution in [-0.2, 0) is 19.4 Å². The van der Waals surface area contributed by atoms with Crippen molar-refractivity contribution >= 4 is 16.9 Å². The number of rotatable bonds is 4. The fraction of sp³-hybridized carbons (Fsp3) is 0.500. The number of piperazine rings is 1. The number of anilines is 1. The summed E-state index contributed by atoms with van der Waals surface area (Å²) in [6, 6.07) is 11.5. The molecule has 3 aromatic rings. The molecule has 0 amide bonds. The molecule has 6 heteroatoms. The van der Waals surface area contributed by atoms with Gasteiger partial charge in [0.15, 0.2) is 0 Å². The molecule has 0 unspecified atom stereocenters. The van der Waals surface area contributed by atoms with Crippen LogP contribution in [-0.4, -0.2) is 70.1 Å². The minimum atomic E-state index is 0.841. The SMILES string of the molecule is c1ccc2c(CN3CCc4cnc(N5CCN(C6CCC6)CC5)nc4CC3)ccnc2c1. The summed E-state index contributed by atoms with van der Waals surface area (Å²) in [5, 5.41) is 1.26. The monoisotopic (exact) mass is 428 g/mol. The molecule has 3 aliphatic rings. The molecule has 2 aliphatic heterocycles. The van der Waals surface area contributed by atoms with Gasteiger partial charge in [0.1, 0.15) is 0 Å². The van der Waals surface area contributed by atoms with Crippen LogP contribution in [0.4, 0.5) is 5.95 Å². The van der Waals surface area contributed by atoms with Crippen molar-refractivity contribution < 1.29 is 0 Å². The largest absolute Gasteiger partial charge is 0.338 e. The highest BCUT2D eigenvalue weighted by Crippen LogP contribution is 2.27. The molecular weight excluding hydrogens is 396 g/mol. The standard InChI is InChI=1S/C26H32N6/c1-2-7-25-23(6-1)21(8-11-27-25)19-30-12-9-20-18-28-26(29-24(20)10-13-30)32-16-14-31(15-17-32)22-4-3-5-22/h1-2,6-8,11,18,22H,3-5,9-10,12-17,19H2. The van der Waals surface area contributed by atoms with Crippen molar-refractivity contribution in [3.63, 3.8) is 0 Å². The van der Waals surface area contributed by atoms with Crippen LogP contribution in [0.15, 0.2) is 42.7 Å². The maximum Gasteiger partial charge on any atom is 0.225 e. The lowest BCUT2D eigenvalue weighted by Crippen LogP contribution is -2.52. The second-order valence-electron chi connectivity index (χ2n) is 9.51. The van der Waals surface area contributed by atoms with Gasteiger partial charge < -0.3 is 4.90 Å². The second-order valence-corrected chi connectivity index (χ2v) is 9.51. The zero-order chi connectivity index (χ0) is 21.3. The van der Waals surface area contributed by atoms with Gasteiger partial charge in [-0.25, -0.2) is 9.97 Å². The summed E-state index contributed by atoms with van der Waals surface area (Å²) in [6.45, 7) is 7.45. The highest BCUT2D eigenvalue weighted by atomic mass is 15.3. The third-order valence-corrected chi connectivity index (χ3v) is 7.63. The molecule has 6 nitrogen and oxygen atoms in total. The fourth-order valence-corrected chi connectivity index (χ4v) is 5.39. The Morgan fingerprint density at radius 2 is 1.72 bits per heavy atom. The topological polar surface area (TPSA) is 48.4 Å². The van der Waals surface area contributed by atoms with Gasteiger partial charge in [0.2, 0.25) is 5.95 Å². The lowest BCUT2D eigenvalue weighted by Gasteiger charge is -2.43. The molecule has 1 saturated heterocycles.